The molecule has 0 aromatic rings. The van der Waals surface area contributed by atoms with Gasteiger partial charge in [0.1, 0.15) is 0 Å². The molecule has 4 fully saturated rings. The number of aliphatic hydroxyl groups is 1. The molecule has 0 unspecified atom stereocenters. The van der Waals surface area contributed by atoms with E-state index in [2.05, 4.69) is 13.8 Å². The van der Waals surface area contributed by atoms with Gasteiger partial charge in [0.15, 0.2) is 0 Å². The van der Waals surface area contributed by atoms with E-state index in [-0.39, 0.29) is 46.5 Å². The summed E-state index contributed by atoms with van der Waals surface area (Å²) in [6.45, 7) is 4.69. The second-order valence-corrected chi connectivity index (χ2v) is 10.7. The van der Waals surface area contributed by atoms with Gasteiger partial charge in [-0.3, -0.25) is 4.18 Å². The smallest absolute Gasteiger partial charge is 0.726 e. The zero-order valence-corrected chi connectivity index (χ0v) is 19.1. The van der Waals surface area contributed by atoms with Crippen LogP contribution in [0.1, 0.15) is 71.6 Å². The van der Waals surface area contributed by atoms with Gasteiger partial charge in [0.25, 0.3) is 0 Å². The molecule has 0 heterocycles. The molecule has 0 bridgehead atoms. The van der Waals surface area contributed by atoms with Crippen LogP contribution in [0.3, 0.4) is 0 Å². The topological polar surface area (TPSA) is 86.7 Å². The molecule has 0 aliphatic heterocycles. The molecule has 4 aliphatic rings. The summed E-state index contributed by atoms with van der Waals surface area (Å²) in [4.78, 5) is 0. The van der Waals surface area contributed by atoms with E-state index < -0.39 is 16.5 Å². The third-order valence-corrected chi connectivity index (χ3v) is 9.33. The van der Waals surface area contributed by atoms with Crippen LogP contribution in [-0.2, 0) is 14.6 Å². The zero-order valence-electron chi connectivity index (χ0n) is 16.3. The van der Waals surface area contributed by atoms with Crippen molar-refractivity contribution in [3.8, 4) is 0 Å². The SMILES string of the molecule is C[C@]12CC[C@@H](OS(=O)(=O)[O-])C[C@@H]1CC[C@@H]1[C@@H]2CC[C@]2(C)[C@@H](O)CC[C@@H]12.[Na+]. The molecule has 0 aromatic carbocycles. The predicted octanol–water partition coefficient (Wildman–Crippen LogP) is 0.239. The standard InChI is InChI=1S/C19H32O5S.Na/c1-18-9-7-13(24-25(21,22)23)11-12(18)3-4-14-15-5-6-17(20)19(15,2)10-8-16(14)18;/h12-17,20H,3-11H2,1-2H3,(H,21,22,23);/q;+1/p-1/t12-,13+,14-,15-,16-,17-,18-,19-;/m0./s1. The zero-order chi connectivity index (χ0) is 18.0. The van der Waals surface area contributed by atoms with E-state index in [1.165, 1.54) is 12.8 Å². The van der Waals surface area contributed by atoms with E-state index in [1.807, 2.05) is 0 Å². The van der Waals surface area contributed by atoms with E-state index in [4.69, 9.17) is 4.18 Å². The average molecular weight is 395 g/mol. The molecule has 0 saturated heterocycles. The van der Waals surface area contributed by atoms with Gasteiger partial charge in [-0.1, -0.05) is 13.8 Å². The minimum Gasteiger partial charge on any atom is -0.726 e. The van der Waals surface area contributed by atoms with Crippen molar-refractivity contribution in [3.05, 3.63) is 0 Å². The molecule has 0 radical (unpaired) electrons. The summed E-state index contributed by atoms with van der Waals surface area (Å²) in [5, 5.41) is 10.5. The third-order valence-electron chi connectivity index (χ3n) is 8.82. The minimum atomic E-state index is -4.61. The van der Waals surface area contributed by atoms with Crippen molar-refractivity contribution in [2.45, 2.75) is 83.8 Å². The molecule has 7 heteroatoms. The number of fused-ring (bicyclic) bond motifs is 5. The average Bonchev–Trinajstić information content (AvgIpc) is 2.82. The van der Waals surface area contributed by atoms with Gasteiger partial charge in [0.05, 0.1) is 12.2 Å². The fourth-order valence-electron chi connectivity index (χ4n) is 7.45. The first-order chi connectivity index (χ1) is 11.6. The number of aliphatic hydroxyl groups excluding tert-OH is 1. The molecule has 8 atom stereocenters. The Morgan fingerprint density at radius 1 is 0.962 bits per heavy atom. The molecule has 4 aliphatic carbocycles. The van der Waals surface area contributed by atoms with Crippen molar-refractivity contribution in [1.82, 2.24) is 0 Å². The Balaban J connectivity index is 0.00000196. The van der Waals surface area contributed by atoms with Gasteiger partial charge in [0.2, 0.25) is 10.4 Å². The summed E-state index contributed by atoms with van der Waals surface area (Å²) < 4.78 is 37.7. The van der Waals surface area contributed by atoms with Crippen molar-refractivity contribution in [1.29, 1.82) is 0 Å². The van der Waals surface area contributed by atoms with Crippen LogP contribution in [0.25, 0.3) is 0 Å². The first-order valence-electron chi connectivity index (χ1n) is 9.96. The predicted molar refractivity (Wildman–Crippen MR) is 92.3 cm³/mol. The van der Waals surface area contributed by atoms with Gasteiger partial charge in [-0.15, -0.1) is 0 Å². The largest absolute Gasteiger partial charge is 1.00 e. The molecule has 144 valence electrons. The molecular formula is C19H31NaO5S. The monoisotopic (exact) mass is 394 g/mol. The Kier molecular flexibility index (Phi) is 6.02. The maximum atomic E-state index is 11.0. The van der Waals surface area contributed by atoms with Gasteiger partial charge in [-0.2, -0.15) is 0 Å². The van der Waals surface area contributed by atoms with E-state index in [9.17, 15) is 18.1 Å². The minimum absolute atomic E-state index is 0. The Bertz CT molecular complexity index is 640. The van der Waals surface area contributed by atoms with Gasteiger partial charge >= 0.3 is 29.6 Å². The third kappa shape index (κ3) is 3.46. The number of hydrogen-bond acceptors (Lipinski definition) is 5. The summed E-state index contributed by atoms with van der Waals surface area (Å²) >= 11 is 0. The van der Waals surface area contributed by atoms with Crippen molar-refractivity contribution >= 4 is 10.4 Å². The first-order valence-corrected chi connectivity index (χ1v) is 11.3. The van der Waals surface area contributed by atoms with Crippen LogP contribution in [0.2, 0.25) is 0 Å². The second-order valence-electron chi connectivity index (χ2n) is 9.70. The van der Waals surface area contributed by atoms with Crippen LogP contribution in [-0.4, -0.2) is 30.3 Å². The van der Waals surface area contributed by atoms with Crippen LogP contribution in [0.5, 0.6) is 0 Å². The van der Waals surface area contributed by atoms with Crippen molar-refractivity contribution in [2.75, 3.05) is 0 Å². The molecule has 26 heavy (non-hydrogen) atoms. The van der Waals surface area contributed by atoms with Crippen LogP contribution in [0, 0.1) is 34.5 Å². The summed E-state index contributed by atoms with van der Waals surface area (Å²) in [5.74, 6) is 2.44. The maximum absolute atomic E-state index is 11.0. The molecule has 0 aromatic heterocycles. The number of rotatable bonds is 2. The van der Waals surface area contributed by atoms with Crippen molar-refractivity contribution in [3.63, 3.8) is 0 Å². The molecule has 5 nitrogen and oxygen atoms in total. The van der Waals surface area contributed by atoms with Crippen LogP contribution >= 0.6 is 0 Å². The molecule has 4 rings (SSSR count). The second kappa shape index (κ2) is 7.26. The fraction of sp³-hybridized carbons (Fsp3) is 1.00. The van der Waals surface area contributed by atoms with E-state index in [1.54, 1.807) is 0 Å². The van der Waals surface area contributed by atoms with E-state index >= 15 is 0 Å². The molecule has 0 spiro atoms. The van der Waals surface area contributed by atoms with Crippen LogP contribution < -0.4 is 29.6 Å². The Labute approximate surface area is 179 Å². The summed E-state index contributed by atoms with van der Waals surface area (Å²) in [6.07, 6.45) is 8.40. The fourth-order valence-corrected chi connectivity index (χ4v) is 7.95. The molecule has 1 N–H and O–H groups in total. The van der Waals surface area contributed by atoms with Crippen molar-refractivity contribution < 1.29 is 51.8 Å². The molecular weight excluding hydrogens is 363 g/mol. The first kappa shape index (κ1) is 21.5. The van der Waals surface area contributed by atoms with Crippen LogP contribution in [0.4, 0.5) is 0 Å². The summed E-state index contributed by atoms with van der Waals surface area (Å²) in [7, 11) is -4.61. The summed E-state index contributed by atoms with van der Waals surface area (Å²) in [5.41, 5.74) is 0.325. The molecule has 0 amide bonds. The Hall–Kier alpha value is 0.830. The van der Waals surface area contributed by atoms with Crippen LogP contribution in [0.15, 0.2) is 0 Å². The normalized spacial score (nSPS) is 50.9. The number of hydrogen-bond donors (Lipinski definition) is 1. The van der Waals surface area contributed by atoms with E-state index in [0.717, 1.165) is 32.1 Å². The van der Waals surface area contributed by atoms with Gasteiger partial charge in [0, 0.05) is 0 Å². The quantitative estimate of drug-likeness (QED) is 0.412. The van der Waals surface area contributed by atoms with E-state index in [0.29, 0.717) is 36.5 Å². The summed E-state index contributed by atoms with van der Waals surface area (Å²) in [6, 6.07) is 0. The Morgan fingerprint density at radius 3 is 2.31 bits per heavy atom. The van der Waals surface area contributed by atoms with Crippen molar-refractivity contribution in [2.24, 2.45) is 34.5 Å². The Morgan fingerprint density at radius 2 is 1.62 bits per heavy atom. The van der Waals surface area contributed by atoms with Gasteiger partial charge < -0.3 is 9.66 Å². The maximum Gasteiger partial charge on any atom is 1.00 e. The van der Waals surface area contributed by atoms with Gasteiger partial charge in [-0.25, -0.2) is 8.42 Å². The molecule has 4 saturated carbocycles. The van der Waals surface area contributed by atoms with Gasteiger partial charge in [-0.05, 0) is 92.3 Å².